The maximum absolute atomic E-state index is 11.2. The molecule has 8 heteroatoms. The maximum Gasteiger partial charge on any atom is 0.209 e. The number of hydrogen-bond donors (Lipinski definition) is 1. The number of thioether (sulfide) groups is 1. The molecule has 0 saturated heterocycles. The molecule has 1 aromatic heterocycles. The SMILES string of the molecule is Cc1nc(S[C@@H]2CS(=O)(=O)C=C2Cl)n[nH]1. The van der Waals surface area contributed by atoms with Crippen molar-refractivity contribution in [3.05, 3.63) is 16.3 Å². The minimum atomic E-state index is -3.14. The van der Waals surface area contributed by atoms with Gasteiger partial charge in [-0.05, 0) is 6.92 Å². The minimum absolute atomic E-state index is 0.0179. The van der Waals surface area contributed by atoms with E-state index in [1.807, 2.05) is 0 Å². The Hall–Kier alpha value is -0.530. The first-order valence-electron chi connectivity index (χ1n) is 4.12. The van der Waals surface area contributed by atoms with Gasteiger partial charge in [0.25, 0.3) is 0 Å². The summed E-state index contributed by atoms with van der Waals surface area (Å²) in [4.78, 5) is 4.07. The van der Waals surface area contributed by atoms with Crippen LogP contribution in [0, 0.1) is 6.92 Å². The van der Waals surface area contributed by atoms with Gasteiger partial charge in [-0.15, -0.1) is 5.10 Å². The van der Waals surface area contributed by atoms with E-state index in [4.69, 9.17) is 11.6 Å². The van der Waals surface area contributed by atoms with Crippen LogP contribution < -0.4 is 0 Å². The van der Waals surface area contributed by atoms with Gasteiger partial charge in [0.2, 0.25) is 5.16 Å². The van der Waals surface area contributed by atoms with E-state index in [0.717, 1.165) is 5.41 Å². The van der Waals surface area contributed by atoms with Crippen molar-refractivity contribution in [2.45, 2.75) is 17.3 Å². The lowest BCUT2D eigenvalue weighted by atomic mass is 10.5. The number of aryl methyl sites for hydroxylation is 1. The molecule has 2 heterocycles. The molecule has 0 aromatic carbocycles. The Bertz CT molecular complexity index is 508. The Labute approximate surface area is 96.2 Å². The van der Waals surface area contributed by atoms with E-state index in [-0.39, 0.29) is 11.0 Å². The van der Waals surface area contributed by atoms with Crippen LogP contribution in [-0.4, -0.2) is 34.6 Å². The number of H-pyrrole nitrogens is 1. The predicted octanol–water partition coefficient (Wildman–Crippen LogP) is 1.08. The molecule has 1 N–H and O–H groups in total. The second-order valence-corrected chi connectivity index (χ2v) is 6.64. The summed E-state index contributed by atoms with van der Waals surface area (Å²) in [6.45, 7) is 1.78. The number of hydrogen-bond acceptors (Lipinski definition) is 5. The highest BCUT2D eigenvalue weighted by atomic mass is 35.5. The van der Waals surface area contributed by atoms with E-state index < -0.39 is 9.84 Å². The van der Waals surface area contributed by atoms with Crippen LogP contribution in [0.1, 0.15) is 5.82 Å². The molecule has 5 nitrogen and oxygen atoms in total. The fourth-order valence-electron chi connectivity index (χ4n) is 1.18. The van der Waals surface area contributed by atoms with Crippen LogP contribution in [0.4, 0.5) is 0 Å². The summed E-state index contributed by atoms with van der Waals surface area (Å²) in [6, 6.07) is 0. The van der Waals surface area contributed by atoms with Crippen LogP contribution in [0.25, 0.3) is 0 Å². The van der Waals surface area contributed by atoms with Crippen molar-refractivity contribution in [1.29, 1.82) is 0 Å². The number of nitrogens with zero attached hydrogens (tertiary/aromatic N) is 2. The first kappa shape index (κ1) is 11.0. The van der Waals surface area contributed by atoms with E-state index in [9.17, 15) is 8.42 Å². The fourth-order valence-corrected chi connectivity index (χ4v) is 4.74. The highest BCUT2D eigenvalue weighted by Crippen LogP contribution is 2.33. The second kappa shape index (κ2) is 3.80. The van der Waals surface area contributed by atoms with Crippen molar-refractivity contribution >= 4 is 33.2 Å². The lowest BCUT2D eigenvalue weighted by Crippen LogP contribution is -2.08. The predicted molar refractivity (Wildman–Crippen MR) is 58.5 cm³/mol. The monoisotopic (exact) mass is 265 g/mol. The molecule has 2 rings (SSSR count). The third kappa shape index (κ3) is 2.53. The topological polar surface area (TPSA) is 75.7 Å². The standard InChI is InChI=1S/C7H8ClN3O2S2/c1-4-9-7(11-10-4)14-6-3-15(12,13)2-5(6)8/h2,6H,3H2,1H3,(H,9,10,11)/t6-/m1/s1. The number of aromatic nitrogens is 3. The van der Waals surface area contributed by atoms with Crippen molar-refractivity contribution in [2.75, 3.05) is 5.75 Å². The number of nitrogens with one attached hydrogen (secondary N) is 1. The molecule has 0 aliphatic carbocycles. The third-order valence-electron chi connectivity index (χ3n) is 1.81. The van der Waals surface area contributed by atoms with Gasteiger partial charge in [-0.1, -0.05) is 23.4 Å². The van der Waals surface area contributed by atoms with Crippen LogP contribution in [0.15, 0.2) is 15.6 Å². The molecule has 1 aliphatic heterocycles. The van der Waals surface area contributed by atoms with Crippen molar-refractivity contribution in [2.24, 2.45) is 0 Å². The summed E-state index contributed by atoms with van der Waals surface area (Å²) in [5.74, 6) is 0.711. The van der Waals surface area contributed by atoms with Crippen LogP contribution in [0.3, 0.4) is 0 Å². The van der Waals surface area contributed by atoms with Gasteiger partial charge >= 0.3 is 0 Å². The van der Waals surface area contributed by atoms with Crippen LogP contribution in [0.5, 0.6) is 0 Å². The summed E-state index contributed by atoms with van der Waals surface area (Å²) in [6.07, 6.45) is 0. The molecule has 0 spiro atoms. The summed E-state index contributed by atoms with van der Waals surface area (Å²) in [7, 11) is -3.14. The first-order valence-corrected chi connectivity index (χ1v) is 7.09. The van der Waals surface area contributed by atoms with Gasteiger partial charge in [0.05, 0.1) is 11.0 Å². The number of rotatable bonds is 2. The average molecular weight is 266 g/mol. The van der Waals surface area contributed by atoms with E-state index in [1.165, 1.54) is 11.8 Å². The van der Waals surface area contributed by atoms with Crippen LogP contribution in [0.2, 0.25) is 0 Å². The number of sulfone groups is 1. The zero-order valence-corrected chi connectivity index (χ0v) is 10.2. The molecule has 1 aromatic rings. The Balaban J connectivity index is 2.13. The Morgan fingerprint density at radius 1 is 1.67 bits per heavy atom. The minimum Gasteiger partial charge on any atom is -0.262 e. The van der Waals surface area contributed by atoms with Gasteiger partial charge in [0.15, 0.2) is 9.84 Å². The Morgan fingerprint density at radius 3 is 2.87 bits per heavy atom. The summed E-state index contributed by atoms with van der Waals surface area (Å²) in [5, 5.41) is 8.26. The molecule has 0 amide bonds. The van der Waals surface area contributed by atoms with Gasteiger partial charge in [-0.3, -0.25) is 5.10 Å². The molecule has 0 saturated carbocycles. The number of halogens is 1. The van der Waals surface area contributed by atoms with Crippen LogP contribution >= 0.6 is 23.4 Å². The van der Waals surface area contributed by atoms with Gasteiger partial charge in [0, 0.05) is 10.4 Å². The quantitative estimate of drug-likeness (QED) is 0.866. The summed E-state index contributed by atoms with van der Waals surface area (Å²) in [5.41, 5.74) is 0. The molecule has 1 atom stereocenters. The Morgan fingerprint density at radius 2 is 2.40 bits per heavy atom. The summed E-state index contributed by atoms with van der Waals surface area (Å²) < 4.78 is 22.4. The van der Waals surface area contributed by atoms with E-state index in [2.05, 4.69) is 15.2 Å². The molecular formula is C7H8ClN3O2S2. The zero-order valence-electron chi connectivity index (χ0n) is 7.77. The third-order valence-corrected chi connectivity index (χ3v) is 5.16. The fraction of sp³-hybridized carbons (Fsp3) is 0.429. The molecule has 15 heavy (non-hydrogen) atoms. The molecule has 1 aliphatic rings. The molecule has 0 fully saturated rings. The van der Waals surface area contributed by atoms with Crippen molar-refractivity contribution < 1.29 is 8.42 Å². The molecule has 82 valence electrons. The highest BCUT2D eigenvalue weighted by molar-refractivity contribution is 8.02. The first-order chi connectivity index (χ1) is 6.96. The average Bonchev–Trinajstić information content (AvgIpc) is 2.58. The molecule has 0 unspecified atom stereocenters. The lowest BCUT2D eigenvalue weighted by Gasteiger charge is -2.04. The van der Waals surface area contributed by atoms with Gasteiger partial charge < -0.3 is 0 Å². The summed E-state index contributed by atoms with van der Waals surface area (Å²) >= 11 is 7.06. The van der Waals surface area contributed by atoms with E-state index >= 15 is 0 Å². The van der Waals surface area contributed by atoms with Crippen molar-refractivity contribution in [1.82, 2.24) is 15.2 Å². The zero-order chi connectivity index (χ0) is 11.1. The highest BCUT2D eigenvalue weighted by Gasteiger charge is 2.30. The van der Waals surface area contributed by atoms with Crippen LogP contribution in [-0.2, 0) is 9.84 Å². The van der Waals surface area contributed by atoms with Gasteiger partial charge in [0.1, 0.15) is 5.82 Å². The lowest BCUT2D eigenvalue weighted by molar-refractivity contribution is 0.606. The molecular weight excluding hydrogens is 258 g/mol. The van der Waals surface area contributed by atoms with E-state index in [1.54, 1.807) is 6.92 Å². The number of aromatic amines is 1. The normalized spacial score (nSPS) is 24.1. The molecule has 0 radical (unpaired) electrons. The van der Waals surface area contributed by atoms with E-state index in [0.29, 0.717) is 16.0 Å². The Kier molecular flexibility index (Phi) is 2.78. The second-order valence-electron chi connectivity index (χ2n) is 3.14. The van der Waals surface area contributed by atoms with Gasteiger partial charge in [-0.2, -0.15) is 0 Å². The maximum atomic E-state index is 11.2. The van der Waals surface area contributed by atoms with Crippen molar-refractivity contribution in [3.8, 4) is 0 Å². The van der Waals surface area contributed by atoms with Gasteiger partial charge in [-0.25, -0.2) is 13.4 Å². The molecule has 0 bridgehead atoms. The smallest absolute Gasteiger partial charge is 0.209 e. The van der Waals surface area contributed by atoms with Crippen molar-refractivity contribution in [3.63, 3.8) is 0 Å². The largest absolute Gasteiger partial charge is 0.262 e.